The molecule has 2 aromatic heterocycles. The molecule has 1 aliphatic carbocycles. The highest BCUT2D eigenvalue weighted by Crippen LogP contribution is 2.32. The van der Waals surface area contributed by atoms with Gasteiger partial charge in [0.25, 0.3) is 0 Å². The molecule has 0 saturated heterocycles. The number of hydrogen-bond acceptors (Lipinski definition) is 4. The standard InChI is InChI=1S/C14H21N5/c1-2-6-15-12-10-19-9-8-17-14(19)13(18-12)16-7-5-11-3-4-11/h8-11,15H,2-7H2,1H3,(H,16,18). The first-order valence-electron chi connectivity index (χ1n) is 7.18. The second-order valence-electron chi connectivity index (χ2n) is 5.22. The Morgan fingerprint density at radius 1 is 1.32 bits per heavy atom. The fourth-order valence-electron chi connectivity index (χ4n) is 2.19. The Hall–Kier alpha value is -1.78. The molecule has 0 radical (unpaired) electrons. The number of nitrogens with one attached hydrogen (secondary N) is 2. The van der Waals surface area contributed by atoms with Crippen molar-refractivity contribution in [3.8, 4) is 0 Å². The summed E-state index contributed by atoms with van der Waals surface area (Å²) in [5.74, 6) is 2.72. The lowest BCUT2D eigenvalue weighted by atomic mass is 10.3. The first kappa shape index (κ1) is 12.3. The van der Waals surface area contributed by atoms with Crippen LogP contribution in [-0.2, 0) is 0 Å². The second kappa shape index (κ2) is 5.47. The van der Waals surface area contributed by atoms with Crippen molar-refractivity contribution in [2.24, 2.45) is 5.92 Å². The SMILES string of the molecule is CCCNc1cn2ccnc2c(NCCC2CC2)n1. The number of hydrogen-bond donors (Lipinski definition) is 2. The molecule has 2 heterocycles. The highest BCUT2D eigenvalue weighted by Gasteiger charge is 2.20. The highest BCUT2D eigenvalue weighted by atomic mass is 15.1. The molecule has 0 bridgehead atoms. The lowest BCUT2D eigenvalue weighted by molar-refractivity contribution is 0.758. The van der Waals surface area contributed by atoms with Crippen LogP contribution in [0.3, 0.4) is 0 Å². The molecular weight excluding hydrogens is 238 g/mol. The van der Waals surface area contributed by atoms with Gasteiger partial charge in [-0.15, -0.1) is 0 Å². The Kier molecular flexibility index (Phi) is 3.53. The lowest BCUT2D eigenvalue weighted by Crippen LogP contribution is -2.09. The van der Waals surface area contributed by atoms with Gasteiger partial charge in [-0.05, 0) is 18.8 Å². The molecule has 1 aliphatic rings. The van der Waals surface area contributed by atoms with Gasteiger partial charge in [0.15, 0.2) is 11.5 Å². The third kappa shape index (κ3) is 2.97. The molecule has 0 atom stereocenters. The number of nitrogens with zero attached hydrogens (tertiary/aromatic N) is 3. The van der Waals surface area contributed by atoms with E-state index in [9.17, 15) is 0 Å². The van der Waals surface area contributed by atoms with E-state index in [1.807, 2.05) is 23.0 Å². The molecule has 19 heavy (non-hydrogen) atoms. The molecule has 0 spiro atoms. The molecule has 3 rings (SSSR count). The number of imidazole rings is 1. The Labute approximate surface area is 113 Å². The zero-order valence-electron chi connectivity index (χ0n) is 11.4. The molecule has 1 saturated carbocycles. The Balaban J connectivity index is 1.75. The first-order valence-corrected chi connectivity index (χ1v) is 7.18. The largest absolute Gasteiger partial charge is 0.369 e. The molecular formula is C14H21N5. The van der Waals surface area contributed by atoms with Gasteiger partial charge in [0, 0.05) is 25.5 Å². The molecule has 0 aliphatic heterocycles. The first-order chi connectivity index (χ1) is 9.36. The van der Waals surface area contributed by atoms with Crippen LogP contribution in [0.25, 0.3) is 5.65 Å². The van der Waals surface area contributed by atoms with Gasteiger partial charge in [0.2, 0.25) is 0 Å². The molecule has 2 N–H and O–H groups in total. The van der Waals surface area contributed by atoms with Gasteiger partial charge in [0.05, 0.1) is 6.20 Å². The van der Waals surface area contributed by atoms with Crippen molar-refractivity contribution in [2.75, 3.05) is 23.7 Å². The van der Waals surface area contributed by atoms with Crippen LogP contribution in [0.2, 0.25) is 0 Å². The van der Waals surface area contributed by atoms with Crippen molar-refractivity contribution in [3.63, 3.8) is 0 Å². The summed E-state index contributed by atoms with van der Waals surface area (Å²) in [5, 5.41) is 6.76. The fraction of sp³-hybridized carbons (Fsp3) is 0.571. The summed E-state index contributed by atoms with van der Waals surface area (Å²) >= 11 is 0. The summed E-state index contributed by atoms with van der Waals surface area (Å²) in [6, 6.07) is 0. The van der Waals surface area contributed by atoms with Crippen LogP contribution in [0.4, 0.5) is 11.6 Å². The van der Waals surface area contributed by atoms with E-state index in [4.69, 9.17) is 0 Å². The van der Waals surface area contributed by atoms with Gasteiger partial charge in [-0.2, -0.15) is 0 Å². The Morgan fingerprint density at radius 2 is 2.21 bits per heavy atom. The van der Waals surface area contributed by atoms with Crippen LogP contribution in [0.1, 0.15) is 32.6 Å². The minimum Gasteiger partial charge on any atom is -0.369 e. The van der Waals surface area contributed by atoms with Crippen molar-refractivity contribution in [3.05, 3.63) is 18.6 Å². The van der Waals surface area contributed by atoms with Gasteiger partial charge in [-0.1, -0.05) is 19.8 Å². The summed E-state index contributed by atoms with van der Waals surface area (Å²) < 4.78 is 2.02. The third-order valence-corrected chi connectivity index (χ3v) is 3.47. The summed E-state index contributed by atoms with van der Waals surface area (Å²) in [7, 11) is 0. The normalized spacial score (nSPS) is 14.8. The van der Waals surface area contributed by atoms with Crippen LogP contribution < -0.4 is 10.6 Å². The molecule has 0 unspecified atom stereocenters. The number of anilines is 2. The summed E-state index contributed by atoms with van der Waals surface area (Å²) in [6.45, 7) is 4.07. The van der Waals surface area contributed by atoms with E-state index in [1.54, 1.807) is 0 Å². The van der Waals surface area contributed by atoms with Gasteiger partial charge in [0.1, 0.15) is 5.82 Å². The molecule has 5 heteroatoms. The maximum absolute atomic E-state index is 4.62. The number of aromatic nitrogens is 3. The van der Waals surface area contributed by atoms with E-state index in [0.29, 0.717) is 0 Å². The van der Waals surface area contributed by atoms with E-state index in [2.05, 4.69) is 27.5 Å². The highest BCUT2D eigenvalue weighted by molar-refractivity contribution is 5.65. The van der Waals surface area contributed by atoms with E-state index in [0.717, 1.165) is 42.7 Å². The molecule has 1 fully saturated rings. The average molecular weight is 259 g/mol. The molecule has 0 aromatic carbocycles. The van der Waals surface area contributed by atoms with Crippen molar-refractivity contribution in [2.45, 2.75) is 32.6 Å². The number of rotatable bonds is 7. The van der Waals surface area contributed by atoms with Crippen LogP contribution >= 0.6 is 0 Å². The van der Waals surface area contributed by atoms with Gasteiger partial charge < -0.3 is 15.0 Å². The fourth-order valence-corrected chi connectivity index (χ4v) is 2.19. The van der Waals surface area contributed by atoms with Crippen molar-refractivity contribution in [1.29, 1.82) is 0 Å². The predicted molar refractivity (Wildman–Crippen MR) is 77.6 cm³/mol. The Bertz CT molecular complexity index is 544. The van der Waals surface area contributed by atoms with Gasteiger partial charge in [-0.25, -0.2) is 9.97 Å². The maximum atomic E-state index is 4.62. The maximum Gasteiger partial charge on any atom is 0.180 e. The zero-order valence-corrected chi connectivity index (χ0v) is 11.4. The monoisotopic (exact) mass is 259 g/mol. The quantitative estimate of drug-likeness (QED) is 0.803. The van der Waals surface area contributed by atoms with Crippen LogP contribution in [0.5, 0.6) is 0 Å². The topological polar surface area (TPSA) is 54.2 Å². The van der Waals surface area contributed by atoms with Crippen molar-refractivity contribution >= 4 is 17.3 Å². The van der Waals surface area contributed by atoms with Gasteiger partial charge >= 0.3 is 0 Å². The van der Waals surface area contributed by atoms with Crippen molar-refractivity contribution < 1.29 is 0 Å². The lowest BCUT2D eigenvalue weighted by Gasteiger charge is -2.10. The predicted octanol–water partition coefficient (Wildman–Crippen LogP) is 2.76. The Morgan fingerprint density at radius 3 is 3.00 bits per heavy atom. The minimum absolute atomic E-state index is 0.881. The van der Waals surface area contributed by atoms with E-state index < -0.39 is 0 Å². The molecule has 102 valence electrons. The third-order valence-electron chi connectivity index (χ3n) is 3.47. The molecule has 0 amide bonds. The minimum atomic E-state index is 0.881. The second-order valence-corrected chi connectivity index (χ2v) is 5.22. The molecule has 2 aromatic rings. The summed E-state index contributed by atoms with van der Waals surface area (Å²) in [6.07, 6.45) is 10.9. The summed E-state index contributed by atoms with van der Waals surface area (Å²) in [5.41, 5.74) is 0.901. The van der Waals surface area contributed by atoms with E-state index in [-0.39, 0.29) is 0 Å². The zero-order chi connectivity index (χ0) is 13.1. The van der Waals surface area contributed by atoms with E-state index in [1.165, 1.54) is 19.3 Å². The van der Waals surface area contributed by atoms with Crippen LogP contribution in [0, 0.1) is 5.92 Å². The van der Waals surface area contributed by atoms with Crippen LogP contribution in [-0.4, -0.2) is 27.5 Å². The van der Waals surface area contributed by atoms with Crippen molar-refractivity contribution in [1.82, 2.24) is 14.4 Å². The molecule has 5 nitrogen and oxygen atoms in total. The smallest absolute Gasteiger partial charge is 0.180 e. The summed E-state index contributed by atoms with van der Waals surface area (Å²) in [4.78, 5) is 8.99. The average Bonchev–Trinajstić information content (AvgIpc) is 3.12. The van der Waals surface area contributed by atoms with Crippen LogP contribution in [0.15, 0.2) is 18.6 Å². The van der Waals surface area contributed by atoms with Gasteiger partial charge in [-0.3, -0.25) is 0 Å². The number of fused-ring (bicyclic) bond motifs is 1. The van der Waals surface area contributed by atoms with E-state index >= 15 is 0 Å².